The van der Waals surface area contributed by atoms with Gasteiger partial charge < -0.3 is 9.64 Å². The molecular weight excluding hydrogens is 322 g/mol. The number of benzene rings is 1. The highest BCUT2D eigenvalue weighted by Gasteiger charge is 2.32. The fourth-order valence-electron chi connectivity index (χ4n) is 3.52. The predicted octanol–water partition coefficient (Wildman–Crippen LogP) is 0.771. The Hall–Kier alpha value is -2.48. The van der Waals surface area contributed by atoms with Crippen LogP contribution in [-0.4, -0.2) is 56.4 Å². The van der Waals surface area contributed by atoms with E-state index in [4.69, 9.17) is 4.74 Å². The van der Waals surface area contributed by atoms with Gasteiger partial charge in [-0.15, -0.1) is 0 Å². The molecule has 0 unspecified atom stereocenters. The van der Waals surface area contributed by atoms with Crippen LogP contribution in [0.4, 0.5) is 0 Å². The minimum atomic E-state index is -0.279. The van der Waals surface area contributed by atoms with Crippen molar-refractivity contribution in [2.45, 2.75) is 37.8 Å². The topological polar surface area (TPSA) is 82.2 Å². The minimum absolute atomic E-state index is 0.0292. The van der Waals surface area contributed by atoms with Gasteiger partial charge in [-0.05, 0) is 48.2 Å². The van der Waals surface area contributed by atoms with E-state index < -0.39 is 0 Å². The van der Waals surface area contributed by atoms with Crippen molar-refractivity contribution in [2.24, 2.45) is 0 Å². The zero-order valence-corrected chi connectivity index (χ0v) is 14.0. The second-order valence-electron chi connectivity index (χ2n) is 6.51. The number of hydrogen-bond donors (Lipinski definition) is 0. The lowest BCUT2D eigenvalue weighted by Crippen LogP contribution is -2.45. The number of rotatable bonds is 3. The van der Waals surface area contributed by atoms with Crippen molar-refractivity contribution in [2.75, 3.05) is 19.7 Å². The molecule has 1 atom stereocenters. The zero-order valence-electron chi connectivity index (χ0n) is 14.0. The third-order valence-corrected chi connectivity index (χ3v) is 4.93. The summed E-state index contributed by atoms with van der Waals surface area (Å²) in [5.74, 6) is 0.0798. The maximum atomic E-state index is 12.6. The third kappa shape index (κ3) is 3.09. The highest BCUT2D eigenvalue weighted by molar-refractivity contribution is 5.81. The van der Waals surface area contributed by atoms with Crippen LogP contribution >= 0.6 is 0 Å². The van der Waals surface area contributed by atoms with Gasteiger partial charge in [0.15, 0.2) is 0 Å². The largest absolute Gasteiger partial charge is 0.368 e. The van der Waals surface area contributed by atoms with E-state index in [0.29, 0.717) is 38.2 Å². The minimum Gasteiger partial charge on any atom is -0.368 e. The molecule has 2 aliphatic rings. The summed E-state index contributed by atoms with van der Waals surface area (Å²) in [6, 6.07) is 9.22. The van der Waals surface area contributed by atoms with E-state index in [1.165, 1.54) is 9.36 Å². The molecule has 4 rings (SSSR count). The second-order valence-corrected chi connectivity index (χ2v) is 6.51. The van der Waals surface area contributed by atoms with Crippen LogP contribution in [0.15, 0.2) is 35.1 Å². The molecule has 0 bridgehead atoms. The summed E-state index contributed by atoms with van der Waals surface area (Å²) in [4.78, 5) is 26.8. The summed E-state index contributed by atoms with van der Waals surface area (Å²) < 4.78 is 8.23. The summed E-state index contributed by atoms with van der Waals surface area (Å²) in [5, 5.41) is 8.05. The number of carbonyl (C=O) groups is 1. The van der Waals surface area contributed by atoms with E-state index >= 15 is 0 Å². The van der Waals surface area contributed by atoms with Crippen LogP contribution in [0.2, 0.25) is 0 Å². The van der Waals surface area contributed by atoms with E-state index in [2.05, 4.69) is 10.4 Å². The van der Waals surface area contributed by atoms with E-state index in [1.807, 2.05) is 35.2 Å². The number of ether oxygens (including phenoxy) is 1. The molecule has 2 aromatic rings. The first kappa shape index (κ1) is 16.0. The number of tetrazole rings is 1. The van der Waals surface area contributed by atoms with Crippen molar-refractivity contribution in [3.05, 3.63) is 40.8 Å². The smallest absolute Gasteiger partial charge is 0.368 e. The van der Waals surface area contributed by atoms with E-state index in [9.17, 15) is 9.59 Å². The number of carbonyl (C=O) groups excluding carboxylic acids is 1. The number of aromatic nitrogens is 4. The predicted molar refractivity (Wildman–Crippen MR) is 89.4 cm³/mol. The maximum Gasteiger partial charge on any atom is 0.368 e. The molecule has 1 aromatic carbocycles. The molecule has 0 radical (unpaired) electrons. The molecule has 0 N–H and O–H groups in total. The summed E-state index contributed by atoms with van der Waals surface area (Å²) in [5.41, 5.74) is 0.458. The number of piperidine rings is 1. The van der Waals surface area contributed by atoms with Gasteiger partial charge in [-0.2, -0.15) is 9.36 Å². The third-order valence-electron chi connectivity index (χ3n) is 4.93. The van der Waals surface area contributed by atoms with Crippen LogP contribution < -0.4 is 5.69 Å². The number of hydrogen-bond acceptors (Lipinski definition) is 5. The Labute approximate surface area is 145 Å². The number of amides is 1. The van der Waals surface area contributed by atoms with E-state index in [1.54, 1.807) is 0 Å². The normalized spacial score (nSPS) is 21.6. The SMILES string of the molecule is O=C([C@H]1CCCO1)N1CCC(n2nnn(-c3ccccc3)c2=O)CC1. The molecule has 0 aliphatic carbocycles. The standard InChI is InChI=1S/C17H21N5O3/c23-16(15-7-4-12-25-15)20-10-8-14(9-11-20)22-17(24)21(18-19-22)13-5-2-1-3-6-13/h1-3,5-6,14-15H,4,7-12H2/t15-/m1/s1. The molecule has 1 aromatic heterocycles. The van der Waals surface area contributed by atoms with Gasteiger partial charge in [-0.25, -0.2) is 4.79 Å². The quantitative estimate of drug-likeness (QED) is 0.822. The van der Waals surface area contributed by atoms with Crippen LogP contribution in [0.25, 0.3) is 5.69 Å². The van der Waals surface area contributed by atoms with Crippen LogP contribution in [-0.2, 0) is 9.53 Å². The molecule has 1 amide bonds. The molecule has 8 heteroatoms. The van der Waals surface area contributed by atoms with Gasteiger partial charge in [0.1, 0.15) is 6.10 Å². The van der Waals surface area contributed by atoms with Gasteiger partial charge >= 0.3 is 5.69 Å². The Morgan fingerprint density at radius 3 is 2.52 bits per heavy atom. The number of nitrogens with zero attached hydrogens (tertiary/aromatic N) is 5. The summed E-state index contributed by atoms with van der Waals surface area (Å²) in [6.07, 6.45) is 2.88. The lowest BCUT2D eigenvalue weighted by Gasteiger charge is -2.32. The van der Waals surface area contributed by atoms with Crippen molar-refractivity contribution < 1.29 is 9.53 Å². The second kappa shape index (κ2) is 6.79. The molecule has 0 saturated carbocycles. The van der Waals surface area contributed by atoms with Crippen LogP contribution in [0.1, 0.15) is 31.7 Å². The van der Waals surface area contributed by atoms with Crippen LogP contribution in [0.5, 0.6) is 0 Å². The first-order chi connectivity index (χ1) is 12.2. The lowest BCUT2D eigenvalue weighted by atomic mass is 10.0. The van der Waals surface area contributed by atoms with Crippen LogP contribution in [0.3, 0.4) is 0 Å². The Balaban J connectivity index is 1.44. The van der Waals surface area contributed by atoms with Crippen molar-refractivity contribution in [3.8, 4) is 5.69 Å². The number of likely N-dealkylation sites (tertiary alicyclic amines) is 1. The number of para-hydroxylation sites is 1. The van der Waals surface area contributed by atoms with Crippen molar-refractivity contribution in [3.63, 3.8) is 0 Å². The average Bonchev–Trinajstić information content (AvgIpc) is 3.32. The van der Waals surface area contributed by atoms with E-state index in [0.717, 1.165) is 12.8 Å². The van der Waals surface area contributed by atoms with Gasteiger partial charge in [-0.3, -0.25) is 4.79 Å². The summed E-state index contributed by atoms with van der Waals surface area (Å²) in [7, 11) is 0. The Morgan fingerprint density at radius 1 is 1.08 bits per heavy atom. The van der Waals surface area contributed by atoms with Crippen molar-refractivity contribution in [1.82, 2.24) is 24.7 Å². The Kier molecular flexibility index (Phi) is 4.35. The Morgan fingerprint density at radius 2 is 1.84 bits per heavy atom. The van der Waals surface area contributed by atoms with Crippen LogP contribution in [0, 0.1) is 0 Å². The molecule has 2 fully saturated rings. The van der Waals surface area contributed by atoms with Gasteiger partial charge in [0, 0.05) is 19.7 Å². The summed E-state index contributed by atoms with van der Waals surface area (Å²) >= 11 is 0. The van der Waals surface area contributed by atoms with Gasteiger partial charge in [0.2, 0.25) is 0 Å². The summed E-state index contributed by atoms with van der Waals surface area (Å²) in [6.45, 7) is 1.91. The van der Waals surface area contributed by atoms with Crippen molar-refractivity contribution >= 4 is 5.91 Å². The van der Waals surface area contributed by atoms with Gasteiger partial charge in [0.05, 0.1) is 11.7 Å². The first-order valence-electron chi connectivity index (χ1n) is 8.74. The highest BCUT2D eigenvalue weighted by atomic mass is 16.5. The maximum absolute atomic E-state index is 12.6. The molecule has 132 valence electrons. The molecular formula is C17H21N5O3. The molecule has 25 heavy (non-hydrogen) atoms. The highest BCUT2D eigenvalue weighted by Crippen LogP contribution is 2.23. The Bertz CT molecular complexity index is 786. The van der Waals surface area contributed by atoms with Gasteiger partial charge in [0.25, 0.3) is 5.91 Å². The zero-order chi connectivity index (χ0) is 17.2. The fraction of sp³-hybridized carbons (Fsp3) is 0.529. The van der Waals surface area contributed by atoms with Crippen molar-refractivity contribution in [1.29, 1.82) is 0 Å². The van der Waals surface area contributed by atoms with E-state index in [-0.39, 0.29) is 23.7 Å². The first-order valence-corrected chi connectivity index (χ1v) is 8.74. The molecule has 8 nitrogen and oxygen atoms in total. The molecule has 2 saturated heterocycles. The van der Waals surface area contributed by atoms with Gasteiger partial charge in [-0.1, -0.05) is 18.2 Å². The monoisotopic (exact) mass is 343 g/mol. The average molecular weight is 343 g/mol. The molecule has 2 aliphatic heterocycles. The molecule has 3 heterocycles. The fourth-order valence-corrected chi connectivity index (χ4v) is 3.52. The lowest BCUT2D eigenvalue weighted by molar-refractivity contribution is -0.142. The molecule has 0 spiro atoms.